The molecule has 11 heteroatoms. The number of thioether (sulfide) groups is 1. The Balaban J connectivity index is 1.45. The number of para-hydroxylation sites is 1. The molecule has 5 rings (SSSR count). The van der Waals surface area contributed by atoms with Crippen molar-refractivity contribution >= 4 is 39.6 Å². The molecule has 0 aliphatic rings. The van der Waals surface area contributed by atoms with Crippen molar-refractivity contribution < 1.29 is 9.34 Å². The number of hydrogen-bond donors (Lipinski definition) is 1. The van der Waals surface area contributed by atoms with E-state index in [1.54, 1.807) is 4.68 Å². The zero-order chi connectivity index (χ0) is 20.7. The highest BCUT2D eigenvalue weighted by Crippen LogP contribution is 2.25. The van der Waals surface area contributed by atoms with Crippen molar-refractivity contribution in [3.63, 3.8) is 0 Å². The zero-order valence-corrected chi connectivity index (χ0v) is 16.0. The minimum atomic E-state index is -0.484. The average Bonchev–Trinajstić information content (AvgIpc) is 3.36. The molecule has 0 bridgehead atoms. The second kappa shape index (κ2) is 7.12. The third-order valence-corrected chi connectivity index (χ3v) is 5.23. The fourth-order valence-corrected chi connectivity index (χ4v) is 3.69. The maximum atomic E-state index is 12.4. The Labute approximate surface area is 171 Å². The molecular formula is C19H12N6O4S. The van der Waals surface area contributed by atoms with Gasteiger partial charge >= 0.3 is 0 Å². The third-order valence-electron chi connectivity index (χ3n) is 4.38. The number of nitrogens with zero attached hydrogens (tertiary/aromatic N) is 5. The molecule has 30 heavy (non-hydrogen) atoms. The number of rotatable bonds is 5. The second-order valence-corrected chi connectivity index (χ2v) is 7.27. The number of benzene rings is 2. The van der Waals surface area contributed by atoms with Crippen molar-refractivity contribution in [3.8, 4) is 5.69 Å². The molecule has 0 unspecified atom stereocenters. The predicted octanol–water partition coefficient (Wildman–Crippen LogP) is 3.45. The van der Waals surface area contributed by atoms with E-state index in [-0.39, 0.29) is 17.0 Å². The van der Waals surface area contributed by atoms with E-state index in [4.69, 9.17) is 4.42 Å². The van der Waals surface area contributed by atoms with Crippen LogP contribution in [-0.2, 0) is 5.75 Å². The summed E-state index contributed by atoms with van der Waals surface area (Å²) in [6.07, 6.45) is 1.48. The van der Waals surface area contributed by atoms with Gasteiger partial charge in [0.1, 0.15) is 10.9 Å². The van der Waals surface area contributed by atoms with E-state index in [1.165, 1.54) is 36.2 Å². The number of aromatic nitrogens is 5. The molecule has 0 spiro atoms. The van der Waals surface area contributed by atoms with Crippen LogP contribution in [0.4, 0.5) is 5.69 Å². The van der Waals surface area contributed by atoms with E-state index in [9.17, 15) is 14.9 Å². The fraction of sp³-hybridized carbons (Fsp3) is 0.0526. The highest BCUT2D eigenvalue weighted by atomic mass is 32.2. The van der Waals surface area contributed by atoms with Crippen LogP contribution < -0.4 is 5.56 Å². The van der Waals surface area contributed by atoms with Crippen molar-refractivity contribution in [1.29, 1.82) is 0 Å². The molecular weight excluding hydrogens is 408 g/mol. The molecule has 0 radical (unpaired) electrons. The molecule has 0 fully saturated rings. The predicted molar refractivity (Wildman–Crippen MR) is 110 cm³/mol. The van der Waals surface area contributed by atoms with Gasteiger partial charge in [-0.1, -0.05) is 30.0 Å². The van der Waals surface area contributed by atoms with Crippen molar-refractivity contribution in [2.45, 2.75) is 10.9 Å². The smallest absolute Gasteiger partial charge is 0.271 e. The Kier molecular flexibility index (Phi) is 4.29. The van der Waals surface area contributed by atoms with Gasteiger partial charge in [-0.2, -0.15) is 5.10 Å². The molecule has 0 saturated carbocycles. The molecule has 3 heterocycles. The SMILES string of the molecule is O=c1[nH]c(SCc2nc3cc([N+](=O)[O-])ccc3o2)nc2c1cnn2-c1ccccc1. The standard InChI is InChI=1S/C19H12N6O4S/c26-18-13-9-20-24(11-4-2-1-3-5-11)17(13)22-19(23-18)30-10-16-21-14-8-12(25(27)28)6-7-15(14)29-16/h1-9H,10H2,(H,22,23,26). The molecule has 0 amide bonds. The van der Waals surface area contributed by atoms with Gasteiger partial charge in [0, 0.05) is 12.1 Å². The van der Waals surface area contributed by atoms with Crippen molar-refractivity contribution in [3.05, 3.63) is 81.1 Å². The van der Waals surface area contributed by atoms with Gasteiger partial charge in [-0.25, -0.2) is 14.6 Å². The lowest BCUT2D eigenvalue weighted by Gasteiger charge is -2.03. The number of nitro groups is 1. The van der Waals surface area contributed by atoms with Crippen LogP contribution >= 0.6 is 11.8 Å². The monoisotopic (exact) mass is 420 g/mol. The summed E-state index contributed by atoms with van der Waals surface area (Å²) in [6, 6.07) is 13.6. The highest BCUT2D eigenvalue weighted by Gasteiger charge is 2.14. The fourth-order valence-electron chi connectivity index (χ4n) is 2.99. The highest BCUT2D eigenvalue weighted by molar-refractivity contribution is 7.98. The van der Waals surface area contributed by atoms with Crippen molar-refractivity contribution in [2.75, 3.05) is 0 Å². The maximum Gasteiger partial charge on any atom is 0.271 e. The van der Waals surface area contributed by atoms with E-state index in [0.29, 0.717) is 33.2 Å². The molecule has 0 aliphatic heterocycles. The summed E-state index contributed by atoms with van der Waals surface area (Å²) in [5.41, 5.74) is 1.75. The van der Waals surface area contributed by atoms with E-state index in [1.807, 2.05) is 30.3 Å². The van der Waals surface area contributed by atoms with Gasteiger partial charge < -0.3 is 9.40 Å². The quantitative estimate of drug-likeness (QED) is 0.198. The minimum Gasteiger partial charge on any atom is -0.440 e. The Morgan fingerprint density at radius 3 is 2.80 bits per heavy atom. The van der Waals surface area contributed by atoms with Crippen LogP contribution in [0.25, 0.3) is 27.8 Å². The van der Waals surface area contributed by atoms with Gasteiger partial charge in [0.25, 0.3) is 11.2 Å². The Hall–Kier alpha value is -3.99. The minimum absolute atomic E-state index is 0.0550. The number of fused-ring (bicyclic) bond motifs is 2. The Morgan fingerprint density at radius 1 is 1.17 bits per heavy atom. The van der Waals surface area contributed by atoms with Crippen LogP contribution in [0.5, 0.6) is 0 Å². The van der Waals surface area contributed by atoms with E-state index in [0.717, 1.165) is 5.69 Å². The van der Waals surface area contributed by atoms with E-state index < -0.39 is 4.92 Å². The normalized spacial score (nSPS) is 11.3. The summed E-state index contributed by atoms with van der Waals surface area (Å²) in [6.45, 7) is 0. The third kappa shape index (κ3) is 3.20. The van der Waals surface area contributed by atoms with Gasteiger partial charge in [0.05, 0.1) is 22.6 Å². The summed E-state index contributed by atoms with van der Waals surface area (Å²) >= 11 is 1.24. The lowest BCUT2D eigenvalue weighted by atomic mass is 10.3. The van der Waals surface area contributed by atoms with Gasteiger partial charge in [0.15, 0.2) is 16.4 Å². The molecule has 0 aliphatic carbocycles. The number of nitro benzene ring substituents is 1. The first-order chi connectivity index (χ1) is 14.6. The van der Waals surface area contributed by atoms with Crippen LogP contribution in [0.3, 0.4) is 0 Å². The number of nitrogens with one attached hydrogen (secondary N) is 1. The van der Waals surface area contributed by atoms with Gasteiger partial charge in [0.2, 0.25) is 5.89 Å². The van der Waals surface area contributed by atoms with Gasteiger partial charge in [-0.3, -0.25) is 14.9 Å². The van der Waals surface area contributed by atoms with E-state index in [2.05, 4.69) is 20.1 Å². The summed E-state index contributed by atoms with van der Waals surface area (Å²) in [5.74, 6) is 0.658. The molecule has 5 aromatic rings. The van der Waals surface area contributed by atoms with Gasteiger partial charge in [-0.05, 0) is 18.2 Å². The Morgan fingerprint density at radius 2 is 2.00 bits per heavy atom. The Bertz CT molecular complexity index is 1460. The van der Waals surface area contributed by atoms with Crippen LogP contribution in [0, 0.1) is 10.1 Å². The maximum absolute atomic E-state index is 12.4. The number of H-pyrrole nitrogens is 1. The lowest BCUT2D eigenvalue weighted by molar-refractivity contribution is -0.384. The summed E-state index contributed by atoms with van der Waals surface area (Å²) in [5, 5.41) is 16.0. The molecule has 0 atom stereocenters. The summed E-state index contributed by atoms with van der Waals surface area (Å²) < 4.78 is 7.23. The lowest BCUT2D eigenvalue weighted by Crippen LogP contribution is -2.09. The molecule has 148 valence electrons. The number of non-ortho nitro benzene ring substituents is 1. The van der Waals surface area contributed by atoms with Crippen LogP contribution in [0.15, 0.2) is 69.1 Å². The van der Waals surface area contributed by atoms with Gasteiger partial charge in [-0.15, -0.1) is 0 Å². The number of oxazole rings is 1. The first-order valence-corrected chi connectivity index (χ1v) is 9.77. The zero-order valence-electron chi connectivity index (χ0n) is 15.2. The first kappa shape index (κ1) is 18.1. The largest absolute Gasteiger partial charge is 0.440 e. The van der Waals surface area contributed by atoms with Crippen molar-refractivity contribution in [2.24, 2.45) is 0 Å². The molecule has 0 saturated heterocycles. The molecule has 3 aromatic heterocycles. The second-order valence-electron chi connectivity index (χ2n) is 6.31. The first-order valence-electron chi connectivity index (χ1n) is 8.78. The average molecular weight is 420 g/mol. The van der Waals surface area contributed by atoms with Crippen LogP contribution in [-0.4, -0.2) is 29.7 Å². The summed E-state index contributed by atoms with van der Waals surface area (Å²) in [4.78, 5) is 34.4. The van der Waals surface area contributed by atoms with Crippen LogP contribution in [0.1, 0.15) is 5.89 Å². The molecule has 1 N–H and O–H groups in total. The van der Waals surface area contributed by atoms with Crippen molar-refractivity contribution in [1.82, 2.24) is 24.7 Å². The topological polar surface area (TPSA) is 133 Å². The molecule has 10 nitrogen and oxygen atoms in total. The number of aromatic amines is 1. The van der Waals surface area contributed by atoms with E-state index >= 15 is 0 Å². The molecule has 2 aromatic carbocycles. The summed E-state index contributed by atoms with van der Waals surface area (Å²) in [7, 11) is 0. The number of hydrogen-bond acceptors (Lipinski definition) is 8. The van der Waals surface area contributed by atoms with Crippen LogP contribution in [0.2, 0.25) is 0 Å².